The van der Waals surface area contributed by atoms with E-state index in [1.807, 2.05) is 69.3 Å². The van der Waals surface area contributed by atoms with Gasteiger partial charge in [0.05, 0.1) is 0 Å². The minimum absolute atomic E-state index is 0. The fraction of sp³-hybridized carbons (Fsp3) is 0.160. The van der Waals surface area contributed by atoms with Crippen LogP contribution in [0.4, 0.5) is 0 Å². The second-order valence-corrected chi connectivity index (χ2v) is 8.38. The van der Waals surface area contributed by atoms with Gasteiger partial charge in [-0.1, -0.05) is 0 Å². The molecule has 0 fully saturated rings. The average molecular weight is 524 g/mol. The minimum atomic E-state index is -0.605. The summed E-state index contributed by atoms with van der Waals surface area (Å²) >= 11 is 1.67. The number of rotatable bonds is 3. The molecule has 4 rings (SSSR count). The molecular weight excluding hydrogens is 502 g/mol. The van der Waals surface area contributed by atoms with E-state index in [1.165, 1.54) is 0 Å². The monoisotopic (exact) mass is 522 g/mol. The zero-order valence-electron chi connectivity index (χ0n) is 17.8. The van der Waals surface area contributed by atoms with Crippen molar-refractivity contribution in [3.05, 3.63) is 72.8 Å². The van der Waals surface area contributed by atoms with E-state index < -0.39 is 5.41 Å². The van der Waals surface area contributed by atoms with Crippen LogP contribution in [0.2, 0.25) is 0 Å². The van der Waals surface area contributed by atoms with Gasteiger partial charge in [0, 0.05) is 0 Å². The molecule has 0 amide bonds. The van der Waals surface area contributed by atoms with Crippen molar-refractivity contribution in [2.45, 2.75) is 20.8 Å². The summed E-state index contributed by atoms with van der Waals surface area (Å²) in [5.74, 6) is 1.01. The third-order valence-electron chi connectivity index (χ3n) is 4.96. The van der Waals surface area contributed by atoms with Crippen molar-refractivity contribution in [3.63, 3.8) is 0 Å². The number of hydrogen-bond donors (Lipinski definition) is 0. The molecule has 0 heterocycles. The maximum Gasteiger partial charge on any atom is -1.00 e. The molecule has 0 saturated carbocycles. The first kappa shape index (κ1) is 28.3. The fourth-order valence-electron chi connectivity index (χ4n) is 3.44. The van der Waals surface area contributed by atoms with Crippen LogP contribution >= 0.6 is 0 Å². The zero-order chi connectivity index (χ0) is 20.6. The molecule has 0 aromatic heterocycles. The number of hydrogen-bond acceptors (Lipinski definition) is 3. The Labute approximate surface area is 219 Å². The first-order valence-corrected chi connectivity index (χ1v) is 10.1. The maximum absolute atomic E-state index is 12.7. The van der Waals surface area contributed by atoms with Gasteiger partial charge in [0.2, 0.25) is 0 Å². The molecule has 0 aliphatic heterocycles. The zero-order valence-corrected chi connectivity index (χ0v) is 21.6. The second-order valence-electron chi connectivity index (χ2n) is 8.06. The third-order valence-corrected chi connectivity index (χ3v) is 5.30. The van der Waals surface area contributed by atoms with E-state index in [0.29, 0.717) is 5.75 Å². The van der Waals surface area contributed by atoms with Crippen molar-refractivity contribution in [2.75, 3.05) is 0 Å². The van der Waals surface area contributed by atoms with Crippen LogP contribution in [0.15, 0.2) is 72.8 Å². The Balaban J connectivity index is 0.00000171. The summed E-state index contributed by atoms with van der Waals surface area (Å²) in [6.07, 6.45) is 0. The first-order chi connectivity index (χ1) is 13.9. The van der Waals surface area contributed by atoms with E-state index in [4.69, 9.17) is 8.06 Å². The standard InChI is InChI=1S/C25H22O3.3ClH.Ti/c1-25(2,3)24(27)28-21-15-13-17-9-5-7-11-19(17)23(21)22-18-10-6-4-8-16(18)12-14-20(22)26;;;;/h4-15,26H,1-3H3;3*1H;/q;;;;+4/p-4. The second kappa shape index (κ2) is 11.4. The van der Waals surface area contributed by atoms with Crippen molar-refractivity contribution in [2.24, 2.45) is 5.41 Å². The summed E-state index contributed by atoms with van der Waals surface area (Å²) in [5, 5.41) is 4.25. The Kier molecular flexibility index (Phi) is 10.1. The number of carbonyl (C=O) groups excluding carboxylic acids is 1. The molecule has 0 radical (unpaired) electrons. The molecule has 3 nitrogen and oxygen atoms in total. The van der Waals surface area contributed by atoms with Gasteiger partial charge < -0.3 is 37.2 Å². The largest absolute Gasteiger partial charge is 1.00 e. The normalized spacial score (nSPS) is 10.5. The van der Waals surface area contributed by atoms with Gasteiger partial charge in [-0.15, -0.1) is 0 Å². The molecule has 7 heteroatoms. The van der Waals surface area contributed by atoms with Crippen molar-refractivity contribution in [1.29, 1.82) is 0 Å². The minimum Gasteiger partial charge on any atom is -1.00 e. The molecule has 0 bridgehead atoms. The molecule has 0 N–H and O–H groups in total. The van der Waals surface area contributed by atoms with Crippen LogP contribution in [0.5, 0.6) is 11.5 Å². The number of carbonyl (C=O) groups is 1. The summed E-state index contributed by atoms with van der Waals surface area (Å²) in [6.45, 7) is 5.57. The van der Waals surface area contributed by atoms with Crippen LogP contribution in [0.3, 0.4) is 0 Å². The molecule has 0 aliphatic carbocycles. The van der Waals surface area contributed by atoms with Crippen molar-refractivity contribution >= 4 is 27.5 Å². The molecule has 0 atom stereocenters. The summed E-state index contributed by atoms with van der Waals surface area (Å²) in [5.41, 5.74) is 1.19. The SMILES string of the molecule is CC(C)(C)C(=O)Oc1ccc2ccccc2c1-c1c([O][Ti+3])ccc2ccccc12.[Cl-].[Cl-].[Cl-]. The number of benzene rings is 4. The van der Waals surface area contributed by atoms with Gasteiger partial charge in [-0.3, -0.25) is 0 Å². The molecule has 4 aromatic carbocycles. The first-order valence-electron chi connectivity index (χ1n) is 9.50. The Morgan fingerprint density at radius 3 is 1.59 bits per heavy atom. The van der Waals surface area contributed by atoms with Crippen LogP contribution in [0.25, 0.3) is 32.7 Å². The molecule has 164 valence electrons. The van der Waals surface area contributed by atoms with Crippen molar-refractivity contribution < 1.29 is 70.9 Å². The van der Waals surface area contributed by atoms with E-state index in [1.54, 1.807) is 20.8 Å². The van der Waals surface area contributed by atoms with E-state index in [0.717, 1.165) is 38.4 Å². The Morgan fingerprint density at radius 1 is 0.688 bits per heavy atom. The summed E-state index contributed by atoms with van der Waals surface area (Å²) < 4.78 is 11.7. The van der Waals surface area contributed by atoms with E-state index in [2.05, 4.69) is 24.3 Å². The molecule has 0 saturated heterocycles. The van der Waals surface area contributed by atoms with Gasteiger partial charge in [0.15, 0.2) is 0 Å². The third kappa shape index (κ3) is 5.42. The molecular formula is C25H21Cl3O3Ti. The summed E-state index contributed by atoms with van der Waals surface area (Å²) in [6, 6.07) is 24.2. The van der Waals surface area contributed by atoms with Crippen LogP contribution in [-0.4, -0.2) is 5.97 Å². The van der Waals surface area contributed by atoms with Gasteiger partial charge in [-0.05, 0) is 0 Å². The number of esters is 1. The van der Waals surface area contributed by atoms with Gasteiger partial charge in [0.25, 0.3) is 0 Å². The van der Waals surface area contributed by atoms with Crippen LogP contribution in [-0.2, 0) is 25.6 Å². The van der Waals surface area contributed by atoms with Gasteiger partial charge in [0.1, 0.15) is 0 Å². The predicted molar refractivity (Wildman–Crippen MR) is 113 cm³/mol. The van der Waals surface area contributed by atoms with Crippen molar-refractivity contribution in [3.8, 4) is 22.6 Å². The predicted octanol–water partition coefficient (Wildman–Crippen LogP) is -2.54. The van der Waals surface area contributed by atoms with Crippen molar-refractivity contribution in [1.82, 2.24) is 0 Å². The van der Waals surface area contributed by atoms with Gasteiger partial charge >= 0.3 is 183 Å². The van der Waals surface area contributed by atoms with Crippen LogP contribution in [0, 0.1) is 5.41 Å². The van der Waals surface area contributed by atoms with E-state index in [9.17, 15) is 4.79 Å². The summed E-state index contributed by atoms with van der Waals surface area (Å²) in [4.78, 5) is 12.7. The Hall–Kier alpha value is -1.75. The van der Waals surface area contributed by atoms with E-state index >= 15 is 0 Å². The van der Waals surface area contributed by atoms with Gasteiger partial charge in [-0.25, -0.2) is 0 Å². The molecule has 4 aromatic rings. The van der Waals surface area contributed by atoms with E-state index in [-0.39, 0.29) is 43.2 Å². The number of halogens is 3. The summed E-state index contributed by atoms with van der Waals surface area (Å²) in [7, 11) is 0. The Morgan fingerprint density at radius 2 is 1.12 bits per heavy atom. The fourth-order valence-corrected chi connectivity index (χ4v) is 3.71. The number of ether oxygens (including phenoxy) is 1. The molecule has 32 heavy (non-hydrogen) atoms. The van der Waals surface area contributed by atoms with Crippen LogP contribution < -0.4 is 45.3 Å². The topological polar surface area (TPSA) is 35.5 Å². The average Bonchev–Trinajstić information content (AvgIpc) is 2.72. The smallest absolute Gasteiger partial charge is 1.00 e. The van der Waals surface area contributed by atoms with Gasteiger partial charge in [-0.2, -0.15) is 0 Å². The quantitative estimate of drug-likeness (QED) is 0.169. The maximum atomic E-state index is 12.7. The van der Waals surface area contributed by atoms with Crippen LogP contribution in [0.1, 0.15) is 20.8 Å². The number of fused-ring (bicyclic) bond motifs is 2. The molecule has 0 spiro atoms. The Bertz CT molecular complexity index is 1240. The molecule has 0 unspecified atom stereocenters. The molecule has 0 aliphatic rings.